The average Bonchev–Trinajstić information content (AvgIpc) is 3.13. The van der Waals surface area contributed by atoms with E-state index in [1.54, 1.807) is 0 Å². The Morgan fingerprint density at radius 1 is 0.604 bits per heavy atom. The quantitative estimate of drug-likeness (QED) is 0.0208. The minimum absolute atomic E-state index is 0.129. The zero-order chi connectivity index (χ0) is 39.3. The zero-order valence-electron chi connectivity index (χ0n) is 32.5. The summed E-state index contributed by atoms with van der Waals surface area (Å²) >= 11 is 0. The van der Waals surface area contributed by atoms with Crippen molar-refractivity contribution >= 4 is 25.7 Å². The molecule has 0 aliphatic carbocycles. The fraction of sp³-hybridized carbons (Fsp3) is 0.683. The van der Waals surface area contributed by atoms with Gasteiger partial charge in [-0.1, -0.05) is 120 Å². The molecule has 0 aliphatic heterocycles. The van der Waals surface area contributed by atoms with E-state index in [-0.39, 0.29) is 12.8 Å². The third kappa shape index (κ3) is 36.0. The van der Waals surface area contributed by atoms with Gasteiger partial charge in [-0.05, 0) is 77.0 Å². The number of ether oxygens (including phenoxy) is 1. The number of carbonyl (C=O) groups excluding carboxylic acids is 2. The minimum atomic E-state index is -4.77. The summed E-state index contributed by atoms with van der Waals surface area (Å²) in [5.74, 6) is -2.46. The van der Waals surface area contributed by atoms with Crippen LogP contribution >= 0.6 is 7.82 Å². The molecule has 53 heavy (non-hydrogen) atoms. The lowest BCUT2D eigenvalue weighted by molar-refractivity contribution is -0.147. The van der Waals surface area contributed by atoms with Gasteiger partial charge in [-0.3, -0.25) is 18.6 Å². The second-order valence-corrected chi connectivity index (χ2v) is 14.6. The van der Waals surface area contributed by atoms with E-state index in [1.807, 2.05) is 12.2 Å². The third-order valence-corrected chi connectivity index (χ3v) is 8.98. The lowest BCUT2D eigenvalue weighted by Crippen LogP contribution is -2.43. The predicted octanol–water partition coefficient (Wildman–Crippen LogP) is 9.61. The van der Waals surface area contributed by atoms with Crippen molar-refractivity contribution in [3.63, 3.8) is 0 Å². The topological polar surface area (TPSA) is 169 Å². The number of unbranched alkanes of at least 4 members (excludes halogenated alkanes) is 12. The SMILES string of the molecule is CCCCC/C=C\C/C=C\C/C=C\C/C=C\CCCC(=O)OCC(O)COP(=O)(O)OCC(NC(=O)CCCCCCC/C=C\CCCCC)C(=O)O. The number of rotatable bonds is 36. The Labute approximate surface area is 319 Å². The van der Waals surface area contributed by atoms with Crippen molar-refractivity contribution in [2.24, 2.45) is 0 Å². The van der Waals surface area contributed by atoms with Crippen LogP contribution < -0.4 is 5.32 Å². The summed E-state index contributed by atoms with van der Waals surface area (Å²) in [6.07, 6.45) is 39.7. The molecule has 0 radical (unpaired) electrons. The van der Waals surface area contributed by atoms with Crippen LogP contribution in [0.25, 0.3) is 0 Å². The summed E-state index contributed by atoms with van der Waals surface area (Å²) < 4.78 is 26.7. The Bertz CT molecular complexity index is 1130. The van der Waals surface area contributed by atoms with Crippen molar-refractivity contribution in [2.75, 3.05) is 19.8 Å². The summed E-state index contributed by atoms with van der Waals surface area (Å²) in [6, 6.07) is -1.56. The van der Waals surface area contributed by atoms with Gasteiger partial charge in [0.25, 0.3) is 0 Å². The van der Waals surface area contributed by atoms with Gasteiger partial charge in [-0.2, -0.15) is 0 Å². The highest BCUT2D eigenvalue weighted by atomic mass is 31.2. The van der Waals surface area contributed by atoms with Crippen LogP contribution in [0.5, 0.6) is 0 Å². The van der Waals surface area contributed by atoms with Crippen LogP contribution in [0.1, 0.15) is 149 Å². The van der Waals surface area contributed by atoms with Crippen LogP contribution in [0, 0.1) is 0 Å². The van der Waals surface area contributed by atoms with Crippen LogP contribution in [-0.2, 0) is 32.7 Å². The van der Waals surface area contributed by atoms with E-state index in [0.29, 0.717) is 19.3 Å². The van der Waals surface area contributed by atoms with Crippen molar-refractivity contribution in [3.8, 4) is 0 Å². The molecule has 0 saturated heterocycles. The van der Waals surface area contributed by atoms with E-state index in [2.05, 4.69) is 67.8 Å². The number of aliphatic carboxylic acids is 1. The van der Waals surface area contributed by atoms with Gasteiger partial charge in [0, 0.05) is 12.8 Å². The highest BCUT2D eigenvalue weighted by Crippen LogP contribution is 2.43. The zero-order valence-corrected chi connectivity index (χ0v) is 33.4. The molecule has 0 bridgehead atoms. The Morgan fingerprint density at radius 2 is 1.06 bits per heavy atom. The molecule has 304 valence electrons. The maximum Gasteiger partial charge on any atom is 0.472 e. The van der Waals surface area contributed by atoms with Gasteiger partial charge in [0.05, 0.1) is 13.2 Å². The molecule has 0 rings (SSSR count). The number of nitrogens with one attached hydrogen (secondary N) is 1. The highest BCUT2D eigenvalue weighted by molar-refractivity contribution is 7.47. The van der Waals surface area contributed by atoms with Gasteiger partial charge < -0.3 is 25.2 Å². The van der Waals surface area contributed by atoms with Gasteiger partial charge in [0.1, 0.15) is 12.7 Å². The number of hydrogen-bond donors (Lipinski definition) is 4. The van der Waals surface area contributed by atoms with Gasteiger partial charge >= 0.3 is 19.8 Å². The molecule has 4 N–H and O–H groups in total. The molecule has 0 fully saturated rings. The Hall–Kier alpha value is -2.82. The number of carboxylic acids is 1. The fourth-order valence-corrected chi connectivity index (χ4v) is 5.66. The normalized spacial score (nSPS) is 14.5. The second kappa shape index (κ2) is 36.2. The molecule has 0 saturated carbocycles. The molecule has 0 aromatic rings. The average molecular weight is 768 g/mol. The minimum Gasteiger partial charge on any atom is -0.480 e. The monoisotopic (exact) mass is 767 g/mol. The van der Waals surface area contributed by atoms with Crippen molar-refractivity contribution in [3.05, 3.63) is 60.8 Å². The Morgan fingerprint density at radius 3 is 1.60 bits per heavy atom. The number of phosphoric ester groups is 1. The lowest BCUT2D eigenvalue weighted by Gasteiger charge is -2.18. The molecule has 0 aromatic heterocycles. The molecule has 0 aromatic carbocycles. The number of esters is 1. The summed E-state index contributed by atoms with van der Waals surface area (Å²) in [5.41, 5.74) is 0. The van der Waals surface area contributed by atoms with Crippen molar-refractivity contribution < 1.29 is 47.8 Å². The predicted molar refractivity (Wildman–Crippen MR) is 212 cm³/mol. The van der Waals surface area contributed by atoms with Crippen LogP contribution in [-0.4, -0.2) is 64.9 Å². The molecule has 12 heteroatoms. The fourth-order valence-electron chi connectivity index (χ4n) is 4.89. The van der Waals surface area contributed by atoms with E-state index in [9.17, 15) is 34.1 Å². The van der Waals surface area contributed by atoms with Gasteiger partial charge in [-0.15, -0.1) is 0 Å². The lowest BCUT2D eigenvalue weighted by atomic mass is 10.1. The van der Waals surface area contributed by atoms with Gasteiger partial charge in [0.15, 0.2) is 6.04 Å². The van der Waals surface area contributed by atoms with Crippen molar-refractivity contribution in [2.45, 2.75) is 161 Å². The first kappa shape index (κ1) is 50.2. The summed E-state index contributed by atoms with van der Waals surface area (Å²) in [4.78, 5) is 45.7. The van der Waals surface area contributed by atoms with E-state index in [1.165, 1.54) is 38.5 Å². The Kier molecular flexibility index (Phi) is 34.2. The number of allylic oxidation sites excluding steroid dienone is 10. The first-order valence-electron chi connectivity index (χ1n) is 19.8. The summed E-state index contributed by atoms with van der Waals surface area (Å²) in [5, 5.41) is 21.7. The molecule has 0 heterocycles. The van der Waals surface area contributed by atoms with E-state index in [0.717, 1.165) is 64.2 Å². The summed E-state index contributed by atoms with van der Waals surface area (Å²) in [6.45, 7) is 2.44. The van der Waals surface area contributed by atoms with E-state index < -0.39 is 57.6 Å². The number of amides is 1. The van der Waals surface area contributed by atoms with Crippen LogP contribution in [0.2, 0.25) is 0 Å². The molecule has 0 spiro atoms. The number of carboxylic acid groups (broad SMARTS) is 1. The maximum absolute atomic E-state index is 12.2. The molecule has 0 aliphatic rings. The second-order valence-electron chi connectivity index (χ2n) is 13.1. The number of aliphatic hydroxyl groups is 1. The molecule has 11 nitrogen and oxygen atoms in total. The van der Waals surface area contributed by atoms with Crippen molar-refractivity contribution in [1.29, 1.82) is 0 Å². The smallest absolute Gasteiger partial charge is 0.472 e. The highest BCUT2D eigenvalue weighted by Gasteiger charge is 2.28. The number of aliphatic hydroxyl groups excluding tert-OH is 1. The summed E-state index contributed by atoms with van der Waals surface area (Å²) in [7, 11) is -4.77. The van der Waals surface area contributed by atoms with Gasteiger partial charge in [0.2, 0.25) is 5.91 Å². The number of carbonyl (C=O) groups is 3. The Balaban J connectivity index is 4.04. The van der Waals surface area contributed by atoms with Crippen LogP contribution in [0.3, 0.4) is 0 Å². The molecular formula is C41H70NO10P. The van der Waals surface area contributed by atoms with Gasteiger partial charge in [-0.25, -0.2) is 9.36 Å². The first-order valence-corrected chi connectivity index (χ1v) is 21.3. The standard InChI is InChI=1S/C41H70NO10P/c1-3-5-7-9-11-13-15-17-18-19-20-21-23-25-27-29-31-33-40(45)50-34-37(43)35-51-53(48,49)52-36-38(41(46)47)42-39(44)32-30-28-26-24-22-16-14-12-10-8-6-4-2/h11-14,17-18,20-21,25,27,37-38,43H,3-10,15-16,19,22-24,26,28-36H2,1-2H3,(H,42,44)(H,46,47)(H,48,49)/b13-11-,14-12-,18-17-,21-20-,27-25-. The number of hydrogen-bond acceptors (Lipinski definition) is 8. The van der Waals surface area contributed by atoms with Crippen LogP contribution in [0.4, 0.5) is 0 Å². The van der Waals surface area contributed by atoms with Crippen molar-refractivity contribution in [1.82, 2.24) is 5.32 Å². The molecule has 3 unspecified atom stereocenters. The molecule has 1 amide bonds. The number of phosphoric acid groups is 1. The van der Waals surface area contributed by atoms with Crippen LogP contribution in [0.15, 0.2) is 60.8 Å². The van der Waals surface area contributed by atoms with E-state index in [4.69, 9.17) is 13.8 Å². The molecule has 3 atom stereocenters. The molecular weight excluding hydrogens is 697 g/mol. The maximum atomic E-state index is 12.2. The van der Waals surface area contributed by atoms with E-state index >= 15 is 0 Å². The first-order chi connectivity index (χ1) is 25.6. The largest absolute Gasteiger partial charge is 0.480 e. The third-order valence-electron chi connectivity index (χ3n) is 8.03.